The number of halogens is 1. The molecule has 5 nitrogen and oxygen atoms in total. The molecule has 1 fully saturated rings. The molecule has 1 saturated heterocycles. The van der Waals surface area contributed by atoms with E-state index >= 15 is 0 Å². The Kier molecular flexibility index (Phi) is 4.59. The number of nitrogens with zero attached hydrogens (tertiary/aromatic N) is 2. The molecular formula is C14H15ClN4O. The molecule has 0 saturated carbocycles. The molecule has 0 aliphatic carbocycles. The van der Waals surface area contributed by atoms with Crippen LogP contribution < -0.4 is 10.9 Å². The summed E-state index contributed by atoms with van der Waals surface area (Å²) in [6.07, 6.45) is -0.810. The van der Waals surface area contributed by atoms with Gasteiger partial charge in [0.1, 0.15) is 12.1 Å². The largest absolute Gasteiger partial charge is 0.377 e. The van der Waals surface area contributed by atoms with Crippen LogP contribution in [0, 0.1) is 34.5 Å². The van der Waals surface area contributed by atoms with Gasteiger partial charge in [-0.1, -0.05) is 23.7 Å². The summed E-state index contributed by atoms with van der Waals surface area (Å²) >= 11 is 5.88. The van der Waals surface area contributed by atoms with E-state index in [4.69, 9.17) is 11.6 Å². The van der Waals surface area contributed by atoms with Crippen molar-refractivity contribution in [3.63, 3.8) is 0 Å². The first kappa shape index (κ1) is 14.8. The number of hydrogen-bond donors (Lipinski definition) is 3. The van der Waals surface area contributed by atoms with Crippen LogP contribution in [0.5, 0.6) is 0 Å². The Labute approximate surface area is 122 Å². The molecule has 2 rings (SSSR count). The molecule has 0 radical (unpaired) electrons. The van der Waals surface area contributed by atoms with Crippen molar-refractivity contribution in [2.75, 3.05) is 0 Å². The van der Waals surface area contributed by atoms with Crippen LogP contribution in [0.4, 0.5) is 0 Å². The van der Waals surface area contributed by atoms with Crippen molar-refractivity contribution in [2.24, 2.45) is 11.8 Å². The lowest BCUT2D eigenvalue weighted by Gasteiger charge is -2.28. The quantitative estimate of drug-likeness (QED) is 0.785. The first-order valence-electron chi connectivity index (χ1n) is 6.32. The first-order chi connectivity index (χ1) is 9.58. The van der Waals surface area contributed by atoms with Gasteiger partial charge < -0.3 is 5.11 Å². The van der Waals surface area contributed by atoms with Crippen LogP contribution in [0.15, 0.2) is 24.3 Å². The molecule has 1 aliphatic rings. The van der Waals surface area contributed by atoms with Crippen LogP contribution in [0.3, 0.4) is 0 Å². The van der Waals surface area contributed by atoms with Crippen LogP contribution in [-0.2, 0) is 0 Å². The van der Waals surface area contributed by atoms with E-state index in [2.05, 4.69) is 10.9 Å². The molecule has 0 spiro atoms. The minimum absolute atomic E-state index is 0.0603. The Morgan fingerprint density at radius 1 is 1.20 bits per heavy atom. The smallest absolute Gasteiger partial charge is 0.140 e. The van der Waals surface area contributed by atoms with E-state index in [-0.39, 0.29) is 12.0 Å². The van der Waals surface area contributed by atoms with E-state index in [1.165, 1.54) is 0 Å². The Morgan fingerprint density at radius 3 is 2.25 bits per heavy atom. The fourth-order valence-corrected chi connectivity index (χ4v) is 2.83. The normalized spacial score (nSPS) is 27.0. The minimum Gasteiger partial charge on any atom is -0.377 e. The van der Waals surface area contributed by atoms with Crippen molar-refractivity contribution in [3.8, 4) is 12.1 Å². The zero-order valence-electron chi connectivity index (χ0n) is 10.9. The molecule has 0 amide bonds. The maximum Gasteiger partial charge on any atom is 0.140 e. The first-order valence-corrected chi connectivity index (χ1v) is 6.70. The Morgan fingerprint density at radius 2 is 1.80 bits per heavy atom. The molecule has 1 aliphatic heterocycles. The highest BCUT2D eigenvalue weighted by Crippen LogP contribution is 2.37. The third-order valence-corrected chi connectivity index (χ3v) is 3.96. The van der Waals surface area contributed by atoms with Crippen LogP contribution in [0.1, 0.15) is 18.4 Å². The van der Waals surface area contributed by atoms with Gasteiger partial charge in [0, 0.05) is 22.9 Å². The summed E-state index contributed by atoms with van der Waals surface area (Å²) in [5.74, 6) is -1.50. The highest BCUT2D eigenvalue weighted by atomic mass is 35.5. The van der Waals surface area contributed by atoms with E-state index in [0.29, 0.717) is 5.02 Å². The van der Waals surface area contributed by atoms with Gasteiger partial charge >= 0.3 is 0 Å². The number of aliphatic hydroxyl groups is 1. The second-order valence-corrected chi connectivity index (χ2v) is 5.35. The number of hydrogen-bond acceptors (Lipinski definition) is 5. The molecule has 0 aromatic heterocycles. The molecule has 6 heteroatoms. The summed E-state index contributed by atoms with van der Waals surface area (Å²) in [6.45, 7) is 1.91. The molecule has 0 bridgehead atoms. The predicted molar refractivity (Wildman–Crippen MR) is 74.1 cm³/mol. The van der Waals surface area contributed by atoms with Crippen LogP contribution in [0.2, 0.25) is 5.02 Å². The fourth-order valence-electron chi connectivity index (χ4n) is 2.70. The summed E-state index contributed by atoms with van der Waals surface area (Å²) in [4.78, 5) is 0. The molecule has 20 heavy (non-hydrogen) atoms. The molecule has 4 unspecified atom stereocenters. The van der Waals surface area contributed by atoms with E-state index in [9.17, 15) is 15.6 Å². The third kappa shape index (κ3) is 2.77. The highest BCUT2D eigenvalue weighted by molar-refractivity contribution is 6.30. The van der Waals surface area contributed by atoms with Crippen LogP contribution in [0.25, 0.3) is 0 Å². The standard InChI is InChI=1S/C14H15ClN4O/c1-8-12(14(20)19-18-8)13(10(6-16)7-17)9-2-4-11(15)5-3-9/h2-5,8,10,12-14,18-20H,1H3. The number of nitriles is 2. The fraction of sp³-hybridized carbons (Fsp3) is 0.429. The monoisotopic (exact) mass is 290 g/mol. The highest BCUT2D eigenvalue weighted by Gasteiger charge is 2.42. The molecular weight excluding hydrogens is 276 g/mol. The van der Waals surface area contributed by atoms with Crippen molar-refractivity contribution in [1.29, 1.82) is 10.5 Å². The zero-order valence-corrected chi connectivity index (χ0v) is 11.7. The summed E-state index contributed by atoms with van der Waals surface area (Å²) in [5.41, 5.74) is 6.51. The van der Waals surface area contributed by atoms with Gasteiger partial charge in [0.15, 0.2) is 0 Å². The second kappa shape index (κ2) is 6.21. The Hall–Kier alpha value is -1.63. The number of benzene rings is 1. The number of hydrazine groups is 1. The topological polar surface area (TPSA) is 91.9 Å². The van der Waals surface area contributed by atoms with Gasteiger partial charge in [-0.05, 0) is 24.6 Å². The maximum atomic E-state index is 10.1. The van der Waals surface area contributed by atoms with Gasteiger partial charge in [-0.3, -0.25) is 5.43 Å². The summed E-state index contributed by atoms with van der Waals surface area (Å²) in [6, 6.07) is 11.0. The Balaban J connectivity index is 2.42. The lowest BCUT2D eigenvalue weighted by Crippen LogP contribution is -2.34. The van der Waals surface area contributed by atoms with Gasteiger partial charge in [0.2, 0.25) is 0 Å². The van der Waals surface area contributed by atoms with E-state index < -0.39 is 18.1 Å². The number of nitrogens with one attached hydrogen (secondary N) is 2. The lowest BCUT2D eigenvalue weighted by molar-refractivity contribution is 0.0894. The van der Waals surface area contributed by atoms with E-state index in [1.807, 2.05) is 19.1 Å². The van der Waals surface area contributed by atoms with Gasteiger partial charge in [-0.2, -0.15) is 10.5 Å². The molecule has 3 N–H and O–H groups in total. The average Bonchev–Trinajstić information content (AvgIpc) is 2.77. The molecule has 1 heterocycles. The molecule has 1 aromatic carbocycles. The van der Waals surface area contributed by atoms with E-state index in [1.54, 1.807) is 24.3 Å². The van der Waals surface area contributed by atoms with Gasteiger partial charge in [0.25, 0.3) is 0 Å². The average molecular weight is 291 g/mol. The van der Waals surface area contributed by atoms with Gasteiger partial charge in [-0.25, -0.2) is 5.43 Å². The predicted octanol–water partition coefficient (Wildman–Crippen LogP) is 1.52. The second-order valence-electron chi connectivity index (χ2n) is 4.91. The van der Waals surface area contributed by atoms with Gasteiger partial charge in [-0.15, -0.1) is 0 Å². The number of aliphatic hydroxyl groups excluding tert-OH is 1. The van der Waals surface area contributed by atoms with Crippen LogP contribution in [-0.4, -0.2) is 17.4 Å². The van der Waals surface area contributed by atoms with Crippen molar-refractivity contribution in [1.82, 2.24) is 10.9 Å². The Bertz CT molecular complexity index is 524. The third-order valence-electron chi connectivity index (χ3n) is 3.71. The van der Waals surface area contributed by atoms with Crippen molar-refractivity contribution >= 4 is 11.6 Å². The van der Waals surface area contributed by atoms with Crippen LogP contribution >= 0.6 is 11.6 Å². The minimum atomic E-state index is -0.833. The van der Waals surface area contributed by atoms with Crippen molar-refractivity contribution in [2.45, 2.75) is 25.1 Å². The molecule has 1 aromatic rings. The van der Waals surface area contributed by atoms with Gasteiger partial charge in [0.05, 0.1) is 12.1 Å². The van der Waals surface area contributed by atoms with Crippen molar-refractivity contribution in [3.05, 3.63) is 34.9 Å². The van der Waals surface area contributed by atoms with E-state index in [0.717, 1.165) is 5.56 Å². The summed E-state index contributed by atoms with van der Waals surface area (Å²) in [5, 5.41) is 29.1. The summed E-state index contributed by atoms with van der Waals surface area (Å²) in [7, 11) is 0. The zero-order chi connectivity index (χ0) is 14.7. The SMILES string of the molecule is CC1NNC(O)C1C(c1ccc(Cl)cc1)C(C#N)C#N. The van der Waals surface area contributed by atoms with Crippen molar-refractivity contribution < 1.29 is 5.11 Å². The molecule has 104 valence electrons. The number of rotatable bonds is 3. The maximum absolute atomic E-state index is 10.1. The molecule has 4 atom stereocenters. The lowest BCUT2D eigenvalue weighted by atomic mass is 9.75. The summed E-state index contributed by atoms with van der Waals surface area (Å²) < 4.78 is 0.